The number of furan rings is 2. The van der Waals surface area contributed by atoms with Crippen molar-refractivity contribution in [3.8, 4) is 28.5 Å². The first-order valence-electron chi connectivity index (χ1n) is 9.92. The summed E-state index contributed by atoms with van der Waals surface area (Å²) >= 11 is 3.26. The molecule has 5 rings (SSSR count). The van der Waals surface area contributed by atoms with Gasteiger partial charge in [-0.3, -0.25) is 0 Å². The second-order valence-electron chi connectivity index (χ2n) is 6.92. The lowest BCUT2D eigenvalue weighted by atomic mass is 10.1. The number of nitrogens with zero attached hydrogens (tertiary/aromatic N) is 2. The van der Waals surface area contributed by atoms with Gasteiger partial charge in [0.1, 0.15) is 17.8 Å². The van der Waals surface area contributed by atoms with E-state index in [0.29, 0.717) is 27.4 Å². The maximum absolute atomic E-state index is 11.2. The molecule has 0 unspecified atom stereocenters. The van der Waals surface area contributed by atoms with Crippen LogP contribution < -0.4 is 0 Å². The molecule has 0 saturated heterocycles. The number of para-hydroxylation sites is 1. The first-order valence-corrected chi connectivity index (χ1v) is 10.7. The number of carboxylic acids is 2. The van der Waals surface area contributed by atoms with Crippen molar-refractivity contribution in [1.29, 1.82) is 0 Å². The molecular weight excluding hydrogens is 504 g/mol. The van der Waals surface area contributed by atoms with E-state index in [-0.39, 0.29) is 11.1 Å². The number of imidazole rings is 1. The van der Waals surface area contributed by atoms with Gasteiger partial charge in [0.05, 0.1) is 29.3 Å². The maximum Gasteiger partial charge on any atom is 0.337 e. The molecule has 0 aliphatic carbocycles. The molecule has 0 aliphatic rings. The number of aromatic nitrogens is 2. The van der Waals surface area contributed by atoms with Crippen molar-refractivity contribution in [1.82, 2.24) is 9.55 Å². The van der Waals surface area contributed by atoms with Crippen LogP contribution in [-0.4, -0.2) is 31.7 Å². The van der Waals surface area contributed by atoms with Gasteiger partial charge >= 0.3 is 11.9 Å². The van der Waals surface area contributed by atoms with Gasteiger partial charge in [0.2, 0.25) is 0 Å². The quantitative estimate of drug-likeness (QED) is 0.281. The number of carboxylic acid groups (broad SMARTS) is 2. The number of aromatic carboxylic acids is 2. The summed E-state index contributed by atoms with van der Waals surface area (Å²) in [5.74, 6) is -0.643. The monoisotopic (exact) mass is 520 g/mol. The Hall–Kier alpha value is -4.37. The number of carbonyl (C=O) groups is 2. The zero-order valence-corrected chi connectivity index (χ0v) is 19.0. The molecule has 5 aromatic rings. The van der Waals surface area contributed by atoms with Crippen molar-refractivity contribution >= 4 is 27.9 Å². The summed E-state index contributed by atoms with van der Waals surface area (Å²) < 4.78 is 12.7. The van der Waals surface area contributed by atoms with Crippen LogP contribution in [0, 0.1) is 0 Å². The topological polar surface area (TPSA) is 119 Å². The maximum atomic E-state index is 11.2. The van der Waals surface area contributed by atoms with Crippen LogP contribution in [-0.2, 0) is 0 Å². The van der Waals surface area contributed by atoms with Crippen molar-refractivity contribution in [3.05, 3.63) is 107 Å². The largest absolute Gasteiger partial charge is 0.478 e. The Balaban J connectivity index is 0.000000166. The average molecular weight is 521 g/mol. The minimum Gasteiger partial charge on any atom is -0.478 e. The Morgan fingerprint density at radius 1 is 0.794 bits per heavy atom. The minimum absolute atomic E-state index is 0.226. The summed E-state index contributed by atoms with van der Waals surface area (Å²) in [5, 5.41) is 18.1. The van der Waals surface area contributed by atoms with E-state index >= 15 is 0 Å². The normalized spacial score (nSPS) is 10.4. The van der Waals surface area contributed by atoms with Crippen LogP contribution in [0.5, 0.6) is 0 Å². The zero-order chi connectivity index (χ0) is 24.1. The molecule has 3 heterocycles. The van der Waals surface area contributed by atoms with Gasteiger partial charge in [0.15, 0.2) is 5.76 Å². The van der Waals surface area contributed by atoms with Gasteiger partial charge in [-0.2, -0.15) is 0 Å². The van der Waals surface area contributed by atoms with Gasteiger partial charge in [-0.15, -0.1) is 0 Å². The third kappa shape index (κ3) is 4.84. The molecule has 0 radical (unpaired) electrons. The Bertz CT molecular complexity index is 1420. The van der Waals surface area contributed by atoms with Crippen molar-refractivity contribution < 1.29 is 28.6 Å². The zero-order valence-electron chi connectivity index (χ0n) is 17.5. The molecule has 0 fully saturated rings. The standard InChI is InChI=1S/C14H10N2O3.C11H7BrO3/c17-14(18)10-4-1-2-5-12(10)16-8-11(15-9-16)13-6-3-7-19-13;12-10-7(9-5-2-6-15-9)3-1-4-8(10)11(13)14/h1-9H,(H,17,18);1-6H,(H,13,14). The fraction of sp³-hybridized carbons (Fsp3) is 0. The number of rotatable bonds is 5. The van der Waals surface area contributed by atoms with Crippen molar-refractivity contribution in [2.75, 3.05) is 0 Å². The van der Waals surface area contributed by atoms with Gasteiger partial charge in [-0.1, -0.05) is 24.3 Å². The summed E-state index contributed by atoms with van der Waals surface area (Å²) in [4.78, 5) is 26.3. The molecule has 0 spiro atoms. The fourth-order valence-corrected chi connectivity index (χ4v) is 3.83. The highest BCUT2D eigenvalue weighted by atomic mass is 79.9. The van der Waals surface area contributed by atoms with E-state index in [1.54, 1.807) is 96.3 Å². The molecule has 8 nitrogen and oxygen atoms in total. The fourth-order valence-electron chi connectivity index (χ4n) is 3.21. The van der Waals surface area contributed by atoms with Gasteiger partial charge in [-0.25, -0.2) is 14.6 Å². The SMILES string of the molecule is O=C(O)c1cccc(-c2ccco2)c1Br.O=C(O)c1ccccc1-n1cnc(-c2ccco2)c1. The number of hydrogen-bond donors (Lipinski definition) is 2. The summed E-state index contributed by atoms with van der Waals surface area (Å²) in [5.41, 5.74) is 2.42. The second kappa shape index (κ2) is 10.1. The van der Waals surface area contributed by atoms with Crippen molar-refractivity contribution in [2.24, 2.45) is 0 Å². The number of halogens is 1. The van der Waals surface area contributed by atoms with Crippen LogP contribution in [0.2, 0.25) is 0 Å². The van der Waals surface area contributed by atoms with E-state index in [1.807, 2.05) is 0 Å². The first kappa shape index (κ1) is 22.8. The molecule has 2 N–H and O–H groups in total. The van der Waals surface area contributed by atoms with E-state index in [9.17, 15) is 9.59 Å². The van der Waals surface area contributed by atoms with E-state index in [0.717, 1.165) is 5.56 Å². The molecule has 34 heavy (non-hydrogen) atoms. The predicted octanol–water partition coefficient (Wildman–Crippen LogP) is 6.24. The second-order valence-corrected chi connectivity index (χ2v) is 7.71. The lowest BCUT2D eigenvalue weighted by molar-refractivity contribution is 0.0685. The molecule has 0 amide bonds. The third-order valence-corrected chi connectivity index (χ3v) is 5.64. The Labute approximate surface area is 201 Å². The first-order chi connectivity index (χ1) is 16.5. The molecule has 170 valence electrons. The average Bonchev–Trinajstić information content (AvgIpc) is 3.62. The van der Waals surface area contributed by atoms with Gasteiger partial charge in [0.25, 0.3) is 0 Å². The smallest absolute Gasteiger partial charge is 0.337 e. The van der Waals surface area contributed by atoms with Gasteiger partial charge in [-0.05, 0) is 58.4 Å². The van der Waals surface area contributed by atoms with Crippen LogP contribution in [0.4, 0.5) is 0 Å². The molecular formula is C25H17BrN2O6. The van der Waals surface area contributed by atoms with Crippen LogP contribution >= 0.6 is 15.9 Å². The minimum atomic E-state index is -0.969. The molecule has 0 aliphatic heterocycles. The Morgan fingerprint density at radius 3 is 2.09 bits per heavy atom. The molecule has 0 bridgehead atoms. The van der Waals surface area contributed by atoms with Crippen LogP contribution in [0.3, 0.4) is 0 Å². The summed E-state index contributed by atoms with van der Waals surface area (Å²) in [6.45, 7) is 0. The van der Waals surface area contributed by atoms with Crippen LogP contribution in [0.25, 0.3) is 28.5 Å². The highest BCUT2D eigenvalue weighted by molar-refractivity contribution is 9.10. The van der Waals surface area contributed by atoms with Gasteiger partial charge in [0, 0.05) is 16.2 Å². The highest BCUT2D eigenvalue weighted by Gasteiger charge is 2.14. The summed E-state index contributed by atoms with van der Waals surface area (Å²) in [7, 11) is 0. The van der Waals surface area contributed by atoms with Crippen molar-refractivity contribution in [3.63, 3.8) is 0 Å². The number of hydrogen-bond acceptors (Lipinski definition) is 5. The van der Waals surface area contributed by atoms with E-state index in [1.165, 1.54) is 0 Å². The van der Waals surface area contributed by atoms with E-state index in [2.05, 4.69) is 20.9 Å². The molecule has 0 saturated carbocycles. The van der Waals surface area contributed by atoms with E-state index in [4.69, 9.17) is 19.0 Å². The lowest BCUT2D eigenvalue weighted by Crippen LogP contribution is -2.03. The molecule has 0 atom stereocenters. The Morgan fingerprint density at radius 2 is 1.44 bits per heavy atom. The molecule has 2 aromatic carbocycles. The Kier molecular flexibility index (Phi) is 6.74. The van der Waals surface area contributed by atoms with Crippen LogP contribution in [0.15, 0.2) is 105 Å². The number of benzene rings is 2. The predicted molar refractivity (Wildman–Crippen MR) is 127 cm³/mol. The highest BCUT2D eigenvalue weighted by Crippen LogP contribution is 2.31. The third-order valence-electron chi connectivity index (χ3n) is 4.78. The van der Waals surface area contributed by atoms with Gasteiger partial charge < -0.3 is 23.6 Å². The van der Waals surface area contributed by atoms with E-state index < -0.39 is 11.9 Å². The molecule has 9 heteroatoms. The lowest BCUT2D eigenvalue weighted by Gasteiger charge is -2.05. The van der Waals surface area contributed by atoms with Crippen LogP contribution in [0.1, 0.15) is 20.7 Å². The summed E-state index contributed by atoms with van der Waals surface area (Å²) in [6, 6.07) is 18.9. The summed E-state index contributed by atoms with van der Waals surface area (Å²) in [6.07, 6.45) is 6.43. The van der Waals surface area contributed by atoms with Crippen molar-refractivity contribution in [2.45, 2.75) is 0 Å². The molecule has 3 aromatic heterocycles.